The van der Waals surface area contributed by atoms with Crippen LogP contribution in [0, 0.1) is 17.0 Å². The summed E-state index contributed by atoms with van der Waals surface area (Å²) in [7, 11) is 0. The molecule has 2 aromatic rings. The van der Waals surface area contributed by atoms with Crippen LogP contribution in [0.25, 0.3) is 0 Å². The highest BCUT2D eigenvalue weighted by Crippen LogP contribution is 2.30. The molecule has 1 aromatic carbocycles. The summed E-state index contributed by atoms with van der Waals surface area (Å²) in [6, 6.07) is 8.45. The summed E-state index contributed by atoms with van der Waals surface area (Å²) >= 11 is 0. The molecule has 0 saturated heterocycles. The molecule has 1 aromatic heterocycles. The Bertz CT molecular complexity index is 614. The van der Waals surface area contributed by atoms with Crippen molar-refractivity contribution in [3.05, 3.63) is 57.8 Å². The van der Waals surface area contributed by atoms with Gasteiger partial charge in [-0.15, -0.1) is 0 Å². The highest BCUT2D eigenvalue weighted by molar-refractivity contribution is 5.52. The summed E-state index contributed by atoms with van der Waals surface area (Å²) in [5.74, 6) is 0.589. The van der Waals surface area contributed by atoms with Gasteiger partial charge in [0.2, 0.25) is 0 Å². The van der Waals surface area contributed by atoms with Crippen molar-refractivity contribution in [2.24, 2.45) is 0 Å². The highest BCUT2D eigenvalue weighted by Gasteiger charge is 2.18. The van der Waals surface area contributed by atoms with E-state index in [1.165, 1.54) is 0 Å². The fourth-order valence-electron chi connectivity index (χ4n) is 1.71. The first-order chi connectivity index (χ1) is 9.09. The fraction of sp³-hybridized carbons (Fsp3) is 0.154. The third kappa shape index (κ3) is 2.79. The minimum atomic E-state index is -0.447. The smallest absolute Gasteiger partial charge is 0.313 e. The number of nitrogen functional groups attached to an aromatic ring is 1. The molecule has 19 heavy (non-hydrogen) atoms. The second-order valence-corrected chi connectivity index (χ2v) is 4.02. The molecule has 6 heteroatoms. The molecule has 2 rings (SSSR count). The standard InChI is InChI=1S/C13H13N3O3/c1-9-4-2-6-11(12(9)16(17)18)19-8-10-5-3-7-15-13(10)14/h2-7H,8H2,1H3,(H2,14,15). The van der Waals surface area contributed by atoms with Crippen LogP contribution in [0.5, 0.6) is 5.75 Å². The summed E-state index contributed by atoms with van der Waals surface area (Å²) in [6.45, 7) is 1.81. The van der Waals surface area contributed by atoms with Crippen molar-refractivity contribution < 1.29 is 9.66 Å². The van der Waals surface area contributed by atoms with Crippen molar-refractivity contribution in [1.82, 2.24) is 4.98 Å². The lowest BCUT2D eigenvalue weighted by Gasteiger charge is -2.09. The molecule has 0 unspecified atom stereocenters. The second kappa shape index (κ2) is 5.34. The first kappa shape index (κ1) is 12.8. The van der Waals surface area contributed by atoms with Gasteiger partial charge in [-0.05, 0) is 19.1 Å². The van der Waals surface area contributed by atoms with Gasteiger partial charge >= 0.3 is 5.69 Å². The first-order valence-corrected chi connectivity index (χ1v) is 5.65. The molecule has 0 aliphatic rings. The number of rotatable bonds is 4. The van der Waals surface area contributed by atoms with E-state index in [2.05, 4.69) is 4.98 Å². The molecule has 0 saturated carbocycles. The Balaban J connectivity index is 2.23. The Morgan fingerprint density at radius 2 is 2.16 bits per heavy atom. The van der Waals surface area contributed by atoms with Crippen LogP contribution >= 0.6 is 0 Å². The lowest BCUT2D eigenvalue weighted by molar-refractivity contribution is -0.386. The molecule has 0 bridgehead atoms. The van der Waals surface area contributed by atoms with Gasteiger partial charge in [0.25, 0.3) is 0 Å². The van der Waals surface area contributed by atoms with Crippen molar-refractivity contribution in [2.75, 3.05) is 5.73 Å². The predicted octanol–water partition coefficient (Wildman–Crippen LogP) is 2.46. The van der Waals surface area contributed by atoms with Gasteiger partial charge in [0, 0.05) is 17.3 Å². The number of ether oxygens (including phenoxy) is 1. The maximum absolute atomic E-state index is 11.0. The van der Waals surface area contributed by atoms with Gasteiger partial charge in [0.15, 0.2) is 5.75 Å². The second-order valence-electron chi connectivity index (χ2n) is 4.02. The van der Waals surface area contributed by atoms with Crippen LogP contribution in [0.4, 0.5) is 11.5 Å². The summed E-state index contributed by atoms with van der Waals surface area (Å²) in [5, 5.41) is 11.0. The van der Waals surface area contributed by atoms with Crippen LogP contribution < -0.4 is 10.5 Å². The Morgan fingerprint density at radius 3 is 2.84 bits per heavy atom. The molecular formula is C13H13N3O3. The zero-order valence-corrected chi connectivity index (χ0v) is 10.4. The molecular weight excluding hydrogens is 246 g/mol. The Morgan fingerprint density at radius 1 is 1.37 bits per heavy atom. The van der Waals surface area contributed by atoms with E-state index in [4.69, 9.17) is 10.5 Å². The van der Waals surface area contributed by atoms with Gasteiger partial charge in [0.1, 0.15) is 12.4 Å². The number of anilines is 1. The van der Waals surface area contributed by atoms with Crippen molar-refractivity contribution in [2.45, 2.75) is 13.5 Å². The van der Waals surface area contributed by atoms with Gasteiger partial charge < -0.3 is 10.5 Å². The Labute approximate surface area is 110 Å². The number of aromatic nitrogens is 1. The van der Waals surface area contributed by atoms with Crippen LogP contribution in [0.1, 0.15) is 11.1 Å². The summed E-state index contributed by atoms with van der Waals surface area (Å²) in [4.78, 5) is 14.5. The molecule has 0 aliphatic carbocycles. The zero-order chi connectivity index (χ0) is 13.8. The number of nitro groups is 1. The molecule has 2 N–H and O–H groups in total. The van der Waals surface area contributed by atoms with E-state index in [9.17, 15) is 10.1 Å². The van der Waals surface area contributed by atoms with E-state index >= 15 is 0 Å². The largest absolute Gasteiger partial charge is 0.482 e. The average Bonchev–Trinajstić information content (AvgIpc) is 2.37. The Kier molecular flexibility index (Phi) is 3.61. The SMILES string of the molecule is Cc1cccc(OCc2cccnc2N)c1[N+](=O)[O-]. The lowest BCUT2D eigenvalue weighted by Crippen LogP contribution is -2.03. The van der Waals surface area contributed by atoms with E-state index in [1.54, 1.807) is 43.5 Å². The van der Waals surface area contributed by atoms with Gasteiger partial charge in [-0.2, -0.15) is 0 Å². The highest BCUT2D eigenvalue weighted by atomic mass is 16.6. The topological polar surface area (TPSA) is 91.3 Å². The molecule has 0 atom stereocenters. The minimum absolute atomic E-state index is 0.0232. The number of para-hydroxylation sites is 1. The van der Waals surface area contributed by atoms with Crippen molar-refractivity contribution in [3.63, 3.8) is 0 Å². The number of aryl methyl sites for hydroxylation is 1. The van der Waals surface area contributed by atoms with Gasteiger partial charge in [-0.25, -0.2) is 4.98 Å². The average molecular weight is 259 g/mol. The number of hydrogen-bond donors (Lipinski definition) is 1. The zero-order valence-electron chi connectivity index (χ0n) is 10.4. The number of pyridine rings is 1. The Hall–Kier alpha value is -2.63. The molecule has 98 valence electrons. The molecule has 0 aliphatic heterocycles. The molecule has 1 heterocycles. The first-order valence-electron chi connectivity index (χ1n) is 5.65. The molecule has 0 radical (unpaired) electrons. The van der Waals surface area contributed by atoms with Crippen LogP contribution in [-0.2, 0) is 6.61 Å². The number of nitrogens with two attached hydrogens (primary N) is 1. The number of nitrogens with zero attached hydrogens (tertiary/aromatic N) is 2. The fourth-order valence-corrected chi connectivity index (χ4v) is 1.71. The number of benzene rings is 1. The van der Waals surface area contributed by atoms with Crippen molar-refractivity contribution >= 4 is 11.5 Å². The van der Waals surface area contributed by atoms with Crippen LogP contribution in [0.15, 0.2) is 36.5 Å². The lowest BCUT2D eigenvalue weighted by atomic mass is 10.2. The van der Waals surface area contributed by atoms with E-state index in [1.807, 2.05) is 0 Å². The van der Waals surface area contributed by atoms with Crippen LogP contribution in [-0.4, -0.2) is 9.91 Å². The summed E-state index contributed by atoms with van der Waals surface area (Å²) in [5.41, 5.74) is 6.91. The summed E-state index contributed by atoms with van der Waals surface area (Å²) in [6.07, 6.45) is 1.58. The molecule has 0 fully saturated rings. The number of hydrogen-bond acceptors (Lipinski definition) is 5. The van der Waals surface area contributed by atoms with Gasteiger partial charge in [-0.3, -0.25) is 10.1 Å². The van der Waals surface area contributed by atoms with Gasteiger partial charge in [0.05, 0.1) is 4.92 Å². The van der Waals surface area contributed by atoms with E-state index in [0.717, 1.165) is 0 Å². The molecule has 0 spiro atoms. The van der Waals surface area contributed by atoms with Crippen LogP contribution in [0.2, 0.25) is 0 Å². The number of nitro benzene ring substituents is 1. The van der Waals surface area contributed by atoms with E-state index < -0.39 is 4.92 Å². The van der Waals surface area contributed by atoms with Crippen molar-refractivity contribution in [3.8, 4) is 5.75 Å². The molecule has 0 amide bonds. The van der Waals surface area contributed by atoms with Crippen LogP contribution in [0.3, 0.4) is 0 Å². The normalized spacial score (nSPS) is 10.2. The molecule has 6 nitrogen and oxygen atoms in total. The predicted molar refractivity (Wildman–Crippen MR) is 70.8 cm³/mol. The van der Waals surface area contributed by atoms with Crippen molar-refractivity contribution in [1.29, 1.82) is 0 Å². The summed E-state index contributed by atoms with van der Waals surface area (Å²) < 4.78 is 5.48. The van der Waals surface area contributed by atoms with E-state index in [-0.39, 0.29) is 18.0 Å². The minimum Gasteiger partial charge on any atom is -0.482 e. The maximum atomic E-state index is 11.0. The van der Waals surface area contributed by atoms with E-state index in [0.29, 0.717) is 16.9 Å². The maximum Gasteiger partial charge on any atom is 0.313 e. The monoisotopic (exact) mass is 259 g/mol. The third-order valence-corrected chi connectivity index (χ3v) is 2.69. The quantitative estimate of drug-likeness (QED) is 0.672. The third-order valence-electron chi connectivity index (χ3n) is 2.69. The van der Waals surface area contributed by atoms with Gasteiger partial charge in [-0.1, -0.05) is 18.2 Å².